The summed E-state index contributed by atoms with van der Waals surface area (Å²) in [7, 11) is 0. The smallest absolute Gasteiger partial charge is 0.0697 e. The molecule has 0 fully saturated rings. The lowest BCUT2D eigenvalue weighted by Gasteiger charge is -2.09. The molecule has 12 heavy (non-hydrogen) atoms. The van der Waals surface area contributed by atoms with Crippen LogP contribution in [0.15, 0.2) is 0 Å². The van der Waals surface area contributed by atoms with Gasteiger partial charge in [-0.1, -0.05) is 33.1 Å². The lowest BCUT2D eigenvalue weighted by Crippen LogP contribution is -2.05. The zero-order valence-corrected chi connectivity index (χ0v) is 8.38. The molecule has 2 heteroatoms. The number of rotatable bonds is 8. The van der Waals surface area contributed by atoms with E-state index in [1.165, 1.54) is 19.3 Å². The zero-order valence-electron chi connectivity index (χ0n) is 8.38. The molecule has 0 aliphatic rings. The topological polar surface area (TPSA) is 29.5 Å². The number of ether oxygens (including phenoxy) is 1. The number of aliphatic hydroxyl groups is 1. The summed E-state index contributed by atoms with van der Waals surface area (Å²) >= 11 is 0. The minimum absolute atomic E-state index is 0.142. The van der Waals surface area contributed by atoms with Crippen LogP contribution in [-0.4, -0.2) is 24.9 Å². The van der Waals surface area contributed by atoms with Crippen LogP contribution in [0.25, 0.3) is 0 Å². The SMILES string of the molecule is CCCCC(C)CCOCCO. The molecule has 0 heterocycles. The van der Waals surface area contributed by atoms with Gasteiger partial charge in [0.1, 0.15) is 0 Å². The lowest BCUT2D eigenvalue weighted by atomic mass is 10.0. The molecule has 1 N–H and O–H groups in total. The van der Waals surface area contributed by atoms with Crippen molar-refractivity contribution in [1.29, 1.82) is 0 Å². The third-order valence-electron chi connectivity index (χ3n) is 2.04. The summed E-state index contributed by atoms with van der Waals surface area (Å²) in [6.07, 6.45) is 5.03. The molecule has 0 rings (SSSR count). The van der Waals surface area contributed by atoms with Crippen molar-refractivity contribution in [3.05, 3.63) is 0 Å². The lowest BCUT2D eigenvalue weighted by molar-refractivity contribution is 0.0834. The van der Waals surface area contributed by atoms with Gasteiger partial charge in [0.25, 0.3) is 0 Å². The Morgan fingerprint density at radius 2 is 2.00 bits per heavy atom. The van der Waals surface area contributed by atoms with Crippen LogP contribution in [0.3, 0.4) is 0 Å². The first kappa shape index (κ1) is 11.9. The fourth-order valence-corrected chi connectivity index (χ4v) is 1.15. The molecule has 0 radical (unpaired) electrons. The molecule has 0 aliphatic carbocycles. The van der Waals surface area contributed by atoms with Crippen LogP contribution in [-0.2, 0) is 4.74 Å². The van der Waals surface area contributed by atoms with Gasteiger partial charge in [0, 0.05) is 6.61 Å². The third-order valence-corrected chi connectivity index (χ3v) is 2.04. The fourth-order valence-electron chi connectivity index (χ4n) is 1.15. The van der Waals surface area contributed by atoms with Crippen LogP contribution in [0.4, 0.5) is 0 Å². The maximum absolute atomic E-state index is 8.45. The van der Waals surface area contributed by atoms with Gasteiger partial charge in [0.05, 0.1) is 13.2 Å². The highest BCUT2D eigenvalue weighted by Gasteiger charge is 2.00. The summed E-state index contributed by atoms with van der Waals surface area (Å²) in [5.74, 6) is 0.767. The molecular formula is C10H22O2. The average Bonchev–Trinajstić information content (AvgIpc) is 2.09. The van der Waals surface area contributed by atoms with Crippen molar-refractivity contribution in [3.8, 4) is 0 Å². The summed E-state index contributed by atoms with van der Waals surface area (Å²) in [6.45, 7) is 5.90. The number of hydrogen-bond acceptors (Lipinski definition) is 2. The Labute approximate surface area is 75.9 Å². The first-order valence-electron chi connectivity index (χ1n) is 4.99. The van der Waals surface area contributed by atoms with Crippen LogP contribution in [0.1, 0.15) is 39.5 Å². The van der Waals surface area contributed by atoms with Crippen LogP contribution < -0.4 is 0 Å². The predicted octanol–water partition coefficient (Wildman–Crippen LogP) is 2.21. The molecule has 0 bridgehead atoms. The Hall–Kier alpha value is -0.0800. The van der Waals surface area contributed by atoms with E-state index in [9.17, 15) is 0 Å². The monoisotopic (exact) mass is 174 g/mol. The highest BCUT2D eigenvalue weighted by molar-refractivity contribution is 4.52. The van der Waals surface area contributed by atoms with Gasteiger partial charge >= 0.3 is 0 Å². The minimum atomic E-state index is 0.142. The van der Waals surface area contributed by atoms with Crippen molar-refractivity contribution < 1.29 is 9.84 Å². The first-order chi connectivity index (χ1) is 5.81. The van der Waals surface area contributed by atoms with Gasteiger partial charge in [-0.2, -0.15) is 0 Å². The molecule has 0 aromatic heterocycles. The Bertz CT molecular complexity index is 83.9. The summed E-state index contributed by atoms with van der Waals surface area (Å²) in [5.41, 5.74) is 0. The molecule has 0 saturated carbocycles. The van der Waals surface area contributed by atoms with E-state index >= 15 is 0 Å². The predicted molar refractivity (Wildman–Crippen MR) is 51.2 cm³/mol. The highest BCUT2D eigenvalue weighted by atomic mass is 16.5. The van der Waals surface area contributed by atoms with E-state index in [1.807, 2.05) is 0 Å². The minimum Gasteiger partial charge on any atom is -0.394 e. The van der Waals surface area contributed by atoms with Crippen LogP contribution in [0.5, 0.6) is 0 Å². The fraction of sp³-hybridized carbons (Fsp3) is 1.00. The standard InChI is InChI=1S/C10H22O2/c1-3-4-5-10(2)6-8-12-9-7-11/h10-11H,3-9H2,1-2H3. The molecule has 0 aromatic rings. The van der Waals surface area contributed by atoms with Crippen LogP contribution in [0.2, 0.25) is 0 Å². The zero-order chi connectivity index (χ0) is 9.23. The molecule has 74 valence electrons. The Morgan fingerprint density at radius 1 is 1.25 bits per heavy atom. The molecule has 0 aromatic carbocycles. The van der Waals surface area contributed by atoms with E-state index in [2.05, 4.69) is 13.8 Å². The van der Waals surface area contributed by atoms with Crippen molar-refractivity contribution in [3.63, 3.8) is 0 Å². The van der Waals surface area contributed by atoms with Gasteiger partial charge < -0.3 is 9.84 Å². The maximum atomic E-state index is 8.45. The maximum Gasteiger partial charge on any atom is 0.0697 e. The second-order valence-corrected chi connectivity index (χ2v) is 3.37. The molecule has 0 saturated heterocycles. The second kappa shape index (κ2) is 9.01. The Balaban J connectivity index is 3.02. The first-order valence-corrected chi connectivity index (χ1v) is 4.99. The molecule has 0 spiro atoms. The van der Waals surface area contributed by atoms with E-state index in [4.69, 9.17) is 9.84 Å². The molecule has 2 nitrogen and oxygen atoms in total. The van der Waals surface area contributed by atoms with Gasteiger partial charge in [0.2, 0.25) is 0 Å². The normalized spacial score (nSPS) is 13.2. The summed E-state index contributed by atoms with van der Waals surface area (Å²) < 4.78 is 5.18. The third kappa shape index (κ3) is 8.02. The van der Waals surface area contributed by atoms with E-state index in [1.54, 1.807) is 0 Å². The summed E-state index contributed by atoms with van der Waals surface area (Å²) in [6, 6.07) is 0. The van der Waals surface area contributed by atoms with E-state index in [0.717, 1.165) is 18.9 Å². The highest BCUT2D eigenvalue weighted by Crippen LogP contribution is 2.11. The molecule has 1 unspecified atom stereocenters. The average molecular weight is 174 g/mol. The number of unbranched alkanes of at least 4 members (excludes halogenated alkanes) is 1. The summed E-state index contributed by atoms with van der Waals surface area (Å²) in [5, 5.41) is 8.45. The second-order valence-electron chi connectivity index (χ2n) is 3.37. The molecule has 1 atom stereocenters. The van der Waals surface area contributed by atoms with E-state index in [-0.39, 0.29) is 6.61 Å². The Kier molecular flexibility index (Phi) is 8.95. The van der Waals surface area contributed by atoms with Gasteiger partial charge in [-0.25, -0.2) is 0 Å². The van der Waals surface area contributed by atoms with Crippen molar-refractivity contribution in [2.45, 2.75) is 39.5 Å². The van der Waals surface area contributed by atoms with Crippen LogP contribution in [0, 0.1) is 5.92 Å². The van der Waals surface area contributed by atoms with Crippen molar-refractivity contribution >= 4 is 0 Å². The van der Waals surface area contributed by atoms with Crippen molar-refractivity contribution in [2.24, 2.45) is 5.92 Å². The van der Waals surface area contributed by atoms with Crippen molar-refractivity contribution in [2.75, 3.05) is 19.8 Å². The van der Waals surface area contributed by atoms with Crippen molar-refractivity contribution in [1.82, 2.24) is 0 Å². The van der Waals surface area contributed by atoms with E-state index < -0.39 is 0 Å². The molecule has 0 amide bonds. The molecule has 0 aliphatic heterocycles. The van der Waals surface area contributed by atoms with Gasteiger partial charge in [-0.15, -0.1) is 0 Å². The van der Waals surface area contributed by atoms with Gasteiger partial charge in [-0.05, 0) is 12.3 Å². The van der Waals surface area contributed by atoms with E-state index in [0.29, 0.717) is 6.61 Å². The van der Waals surface area contributed by atoms with Crippen LogP contribution >= 0.6 is 0 Å². The Morgan fingerprint density at radius 3 is 2.58 bits per heavy atom. The summed E-state index contributed by atoms with van der Waals surface area (Å²) in [4.78, 5) is 0. The molecular weight excluding hydrogens is 152 g/mol. The van der Waals surface area contributed by atoms with Gasteiger partial charge in [-0.3, -0.25) is 0 Å². The quantitative estimate of drug-likeness (QED) is 0.572. The number of hydrogen-bond donors (Lipinski definition) is 1. The number of aliphatic hydroxyl groups excluding tert-OH is 1. The van der Waals surface area contributed by atoms with Gasteiger partial charge in [0.15, 0.2) is 0 Å². The largest absolute Gasteiger partial charge is 0.394 e.